The molecule has 0 aliphatic carbocycles. The van der Waals surface area contributed by atoms with Gasteiger partial charge in [-0.1, -0.05) is 13.3 Å². The molecule has 0 bridgehead atoms. The predicted molar refractivity (Wildman–Crippen MR) is 68.7 cm³/mol. The van der Waals surface area contributed by atoms with Crippen LogP contribution < -0.4 is 5.32 Å². The highest BCUT2D eigenvalue weighted by Gasteiger charge is 2.17. The van der Waals surface area contributed by atoms with E-state index in [9.17, 15) is 0 Å². The fourth-order valence-electron chi connectivity index (χ4n) is 2.28. The van der Waals surface area contributed by atoms with Gasteiger partial charge in [-0.3, -0.25) is 4.90 Å². The minimum atomic E-state index is 0.674. The van der Waals surface area contributed by atoms with E-state index < -0.39 is 0 Å². The van der Waals surface area contributed by atoms with Crippen LogP contribution >= 0.6 is 11.3 Å². The van der Waals surface area contributed by atoms with Gasteiger partial charge in [0.1, 0.15) is 5.01 Å². The fourth-order valence-corrected chi connectivity index (χ4v) is 2.94. The Morgan fingerprint density at radius 1 is 1.62 bits per heavy atom. The first kappa shape index (κ1) is 12.0. The Bertz CT molecular complexity index is 286. The van der Waals surface area contributed by atoms with E-state index in [1.54, 1.807) is 11.3 Å². The predicted octanol–water partition coefficient (Wildman–Crippen LogP) is 2.11. The van der Waals surface area contributed by atoms with Gasteiger partial charge >= 0.3 is 0 Å². The van der Waals surface area contributed by atoms with Gasteiger partial charge in [0.2, 0.25) is 0 Å². The third-order valence-corrected chi connectivity index (χ3v) is 3.81. The lowest BCUT2D eigenvalue weighted by atomic mass is 10.1. The van der Waals surface area contributed by atoms with Crippen molar-refractivity contribution < 1.29 is 0 Å². The first-order chi connectivity index (χ1) is 7.88. The number of rotatable bonds is 4. The van der Waals surface area contributed by atoms with E-state index in [1.165, 1.54) is 43.9 Å². The van der Waals surface area contributed by atoms with Crippen LogP contribution in [0.2, 0.25) is 0 Å². The van der Waals surface area contributed by atoms with Crippen molar-refractivity contribution in [3.05, 3.63) is 16.6 Å². The SMILES string of the molecule is CCCC1CN(Cc2nccs2)CCCN1. The number of thiazole rings is 1. The lowest BCUT2D eigenvalue weighted by Crippen LogP contribution is -2.37. The third-order valence-electron chi connectivity index (χ3n) is 3.04. The zero-order valence-electron chi connectivity index (χ0n) is 9.98. The van der Waals surface area contributed by atoms with Crippen LogP contribution in [0.1, 0.15) is 31.2 Å². The maximum Gasteiger partial charge on any atom is 0.107 e. The van der Waals surface area contributed by atoms with Gasteiger partial charge in [-0.05, 0) is 25.9 Å². The van der Waals surface area contributed by atoms with E-state index in [1.807, 2.05) is 6.20 Å². The van der Waals surface area contributed by atoms with E-state index in [0.717, 1.165) is 6.54 Å². The second kappa shape index (κ2) is 6.33. The molecule has 1 N–H and O–H groups in total. The Morgan fingerprint density at radius 3 is 3.31 bits per heavy atom. The van der Waals surface area contributed by atoms with Crippen molar-refractivity contribution >= 4 is 11.3 Å². The van der Waals surface area contributed by atoms with Crippen molar-refractivity contribution in [3.63, 3.8) is 0 Å². The summed E-state index contributed by atoms with van der Waals surface area (Å²) in [4.78, 5) is 6.91. The van der Waals surface area contributed by atoms with Crippen LogP contribution in [0.4, 0.5) is 0 Å². The topological polar surface area (TPSA) is 28.2 Å². The van der Waals surface area contributed by atoms with Crippen LogP contribution in [-0.4, -0.2) is 35.6 Å². The van der Waals surface area contributed by atoms with Gasteiger partial charge in [-0.2, -0.15) is 0 Å². The molecule has 4 heteroatoms. The van der Waals surface area contributed by atoms with E-state index in [-0.39, 0.29) is 0 Å². The van der Waals surface area contributed by atoms with Gasteiger partial charge < -0.3 is 5.32 Å². The number of nitrogens with zero attached hydrogens (tertiary/aromatic N) is 2. The van der Waals surface area contributed by atoms with Crippen LogP contribution in [0.15, 0.2) is 11.6 Å². The highest BCUT2D eigenvalue weighted by molar-refractivity contribution is 7.09. The molecule has 1 aromatic heterocycles. The summed E-state index contributed by atoms with van der Waals surface area (Å²) in [6.07, 6.45) is 5.71. The summed E-state index contributed by atoms with van der Waals surface area (Å²) in [7, 11) is 0. The van der Waals surface area contributed by atoms with Crippen LogP contribution in [0, 0.1) is 0 Å². The quantitative estimate of drug-likeness (QED) is 0.872. The average molecular weight is 239 g/mol. The smallest absolute Gasteiger partial charge is 0.107 e. The highest BCUT2D eigenvalue weighted by atomic mass is 32.1. The summed E-state index contributed by atoms with van der Waals surface area (Å²) in [5.41, 5.74) is 0. The van der Waals surface area contributed by atoms with Crippen LogP contribution in [0.3, 0.4) is 0 Å². The molecule has 1 aliphatic rings. The van der Waals surface area contributed by atoms with Gasteiger partial charge in [-0.15, -0.1) is 11.3 Å². The molecule has 0 aromatic carbocycles. The van der Waals surface area contributed by atoms with Crippen molar-refractivity contribution in [2.75, 3.05) is 19.6 Å². The van der Waals surface area contributed by atoms with Crippen molar-refractivity contribution in [2.45, 2.75) is 38.8 Å². The maximum atomic E-state index is 4.37. The average Bonchev–Trinajstić information content (AvgIpc) is 2.67. The first-order valence-corrected chi connectivity index (χ1v) is 7.10. The summed E-state index contributed by atoms with van der Waals surface area (Å²) >= 11 is 1.76. The monoisotopic (exact) mass is 239 g/mol. The Balaban J connectivity index is 1.87. The van der Waals surface area contributed by atoms with Gasteiger partial charge in [0, 0.05) is 24.2 Å². The van der Waals surface area contributed by atoms with Crippen molar-refractivity contribution in [3.8, 4) is 0 Å². The molecule has 3 nitrogen and oxygen atoms in total. The molecule has 0 radical (unpaired) electrons. The number of aromatic nitrogens is 1. The molecule has 1 aliphatic heterocycles. The van der Waals surface area contributed by atoms with Crippen LogP contribution in [0.25, 0.3) is 0 Å². The molecule has 2 heterocycles. The molecule has 1 aromatic rings. The number of hydrogen-bond acceptors (Lipinski definition) is 4. The molecular weight excluding hydrogens is 218 g/mol. The molecule has 1 unspecified atom stereocenters. The Kier molecular flexibility index (Phi) is 4.75. The van der Waals surface area contributed by atoms with Crippen molar-refractivity contribution in [1.29, 1.82) is 0 Å². The fraction of sp³-hybridized carbons (Fsp3) is 0.750. The normalized spacial score (nSPS) is 23.2. The number of nitrogens with one attached hydrogen (secondary N) is 1. The molecule has 1 atom stereocenters. The number of hydrogen-bond donors (Lipinski definition) is 1. The zero-order chi connectivity index (χ0) is 11.2. The molecule has 90 valence electrons. The summed E-state index contributed by atoms with van der Waals surface area (Å²) in [6, 6.07) is 0.674. The molecule has 0 saturated carbocycles. The van der Waals surface area contributed by atoms with Gasteiger partial charge in [-0.25, -0.2) is 4.98 Å². The van der Waals surface area contributed by atoms with Crippen LogP contribution in [-0.2, 0) is 6.54 Å². The summed E-state index contributed by atoms with van der Waals surface area (Å²) in [6.45, 7) is 6.83. The lowest BCUT2D eigenvalue weighted by Gasteiger charge is -2.23. The van der Waals surface area contributed by atoms with Crippen molar-refractivity contribution in [2.24, 2.45) is 0 Å². The summed E-state index contributed by atoms with van der Waals surface area (Å²) in [5, 5.41) is 6.95. The van der Waals surface area contributed by atoms with E-state index in [2.05, 4.69) is 27.5 Å². The summed E-state index contributed by atoms with van der Waals surface area (Å²) in [5.74, 6) is 0. The zero-order valence-corrected chi connectivity index (χ0v) is 10.8. The van der Waals surface area contributed by atoms with Crippen molar-refractivity contribution in [1.82, 2.24) is 15.2 Å². The molecule has 16 heavy (non-hydrogen) atoms. The molecular formula is C12H21N3S. The van der Waals surface area contributed by atoms with Crippen LogP contribution in [0.5, 0.6) is 0 Å². The highest BCUT2D eigenvalue weighted by Crippen LogP contribution is 2.12. The lowest BCUT2D eigenvalue weighted by molar-refractivity contribution is 0.254. The largest absolute Gasteiger partial charge is 0.313 e. The molecule has 2 rings (SSSR count). The van der Waals surface area contributed by atoms with E-state index in [0.29, 0.717) is 6.04 Å². The van der Waals surface area contributed by atoms with E-state index in [4.69, 9.17) is 0 Å². The first-order valence-electron chi connectivity index (χ1n) is 6.22. The Morgan fingerprint density at radius 2 is 2.56 bits per heavy atom. The second-order valence-corrected chi connectivity index (χ2v) is 5.43. The Labute approximate surface area is 102 Å². The molecule has 0 amide bonds. The minimum absolute atomic E-state index is 0.674. The van der Waals surface area contributed by atoms with Gasteiger partial charge in [0.15, 0.2) is 0 Å². The maximum absolute atomic E-state index is 4.37. The van der Waals surface area contributed by atoms with Gasteiger partial charge in [0.25, 0.3) is 0 Å². The molecule has 0 spiro atoms. The standard InChI is InChI=1S/C12H21N3S/c1-2-4-11-9-15(7-3-5-13-11)10-12-14-6-8-16-12/h6,8,11,13H,2-5,7,9-10H2,1H3. The van der Waals surface area contributed by atoms with Gasteiger partial charge in [0.05, 0.1) is 6.54 Å². The second-order valence-electron chi connectivity index (χ2n) is 4.45. The Hall–Kier alpha value is -0.450. The minimum Gasteiger partial charge on any atom is -0.313 e. The summed E-state index contributed by atoms with van der Waals surface area (Å²) < 4.78 is 0. The third kappa shape index (κ3) is 3.54. The van der Waals surface area contributed by atoms with E-state index >= 15 is 0 Å². The molecule has 1 fully saturated rings. The molecule has 1 saturated heterocycles.